The minimum absolute atomic E-state index is 0.144. The molecule has 0 unspecified atom stereocenters. The third-order valence-electron chi connectivity index (χ3n) is 5.43. The normalized spacial score (nSPS) is 27.4. The van der Waals surface area contributed by atoms with Crippen LogP contribution >= 0.6 is 23.2 Å². The van der Waals surface area contributed by atoms with Crippen LogP contribution in [-0.4, -0.2) is 22.1 Å². The van der Waals surface area contributed by atoms with Gasteiger partial charge < -0.3 is 4.74 Å². The van der Waals surface area contributed by atoms with E-state index in [9.17, 15) is 10.0 Å². The average molecular weight is 397 g/mol. The largest absolute Gasteiger partial charge is 0.427 e. The van der Waals surface area contributed by atoms with Gasteiger partial charge in [0.05, 0.1) is 21.1 Å². The van der Waals surface area contributed by atoms with Crippen LogP contribution in [0.5, 0.6) is 0 Å². The number of hydroxylamine groups is 2. The third-order valence-corrected chi connectivity index (χ3v) is 6.17. The van der Waals surface area contributed by atoms with E-state index in [1.54, 1.807) is 12.1 Å². The van der Waals surface area contributed by atoms with Crippen molar-refractivity contribution in [3.05, 3.63) is 45.1 Å². The Morgan fingerprint density at radius 1 is 1.08 bits per heavy atom. The Morgan fingerprint density at radius 3 is 2.35 bits per heavy atom. The van der Waals surface area contributed by atoms with Gasteiger partial charge in [0.1, 0.15) is 5.76 Å². The third kappa shape index (κ3) is 3.29. The predicted octanol–water partition coefficient (Wildman–Crippen LogP) is 5.81. The van der Waals surface area contributed by atoms with E-state index in [0.717, 1.165) is 12.0 Å². The Bertz CT molecular complexity index is 800. The molecule has 1 fully saturated rings. The summed E-state index contributed by atoms with van der Waals surface area (Å²) in [5, 5.41) is 14.8. The average Bonchev–Trinajstić information content (AvgIpc) is 2.69. The van der Waals surface area contributed by atoms with Crippen LogP contribution in [0.2, 0.25) is 10.0 Å². The standard InChI is InChI=1S/C20H24Cl2NO3/c1-18(2)10-16(13-9-19(3,4)23(25)20(13,5)11-18)26-17(24)12-6-7-14(21)15(22)8-12/h6-8H,9-11H2,1-5H3/t20-/m0/s1. The van der Waals surface area contributed by atoms with Crippen molar-refractivity contribution in [2.24, 2.45) is 5.41 Å². The molecule has 0 spiro atoms. The molecule has 1 aliphatic heterocycles. The van der Waals surface area contributed by atoms with E-state index in [0.29, 0.717) is 34.2 Å². The maximum absolute atomic E-state index is 13.0. The summed E-state index contributed by atoms with van der Waals surface area (Å²) in [7, 11) is 0. The van der Waals surface area contributed by atoms with Crippen molar-refractivity contribution in [2.75, 3.05) is 0 Å². The molecule has 0 bridgehead atoms. The molecule has 0 N–H and O–H groups in total. The van der Waals surface area contributed by atoms with Crippen molar-refractivity contribution < 1.29 is 14.7 Å². The number of hydrogen-bond acceptors (Lipinski definition) is 3. The van der Waals surface area contributed by atoms with E-state index in [1.807, 2.05) is 20.8 Å². The molecule has 1 saturated heterocycles. The molecule has 0 aromatic heterocycles. The first kappa shape index (κ1) is 19.7. The first-order valence-corrected chi connectivity index (χ1v) is 9.49. The van der Waals surface area contributed by atoms with Gasteiger partial charge in [-0.2, -0.15) is 0 Å². The van der Waals surface area contributed by atoms with Crippen LogP contribution in [0.3, 0.4) is 0 Å². The van der Waals surface area contributed by atoms with Crippen molar-refractivity contribution in [3.63, 3.8) is 0 Å². The summed E-state index contributed by atoms with van der Waals surface area (Å²) in [5.74, 6) is 0.138. The first-order chi connectivity index (χ1) is 11.9. The van der Waals surface area contributed by atoms with E-state index in [4.69, 9.17) is 27.9 Å². The summed E-state index contributed by atoms with van der Waals surface area (Å²) in [5.41, 5.74) is -0.0437. The number of carbonyl (C=O) groups excluding carboxylic acids is 1. The number of allylic oxidation sites excluding steroid dienone is 1. The number of fused-ring (bicyclic) bond motifs is 1. The number of esters is 1. The van der Waals surface area contributed by atoms with E-state index < -0.39 is 17.0 Å². The molecular formula is C20H24Cl2NO3. The fraction of sp³-hybridized carbons (Fsp3) is 0.550. The minimum atomic E-state index is -0.654. The van der Waals surface area contributed by atoms with Crippen LogP contribution in [0.1, 0.15) is 64.2 Å². The summed E-state index contributed by atoms with van der Waals surface area (Å²) < 4.78 is 5.80. The Kier molecular flexibility index (Phi) is 4.72. The fourth-order valence-electron chi connectivity index (χ4n) is 4.49. The maximum Gasteiger partial charge on any atom is 0.343 e. The van der Waals surface area contributed by atoms with E-state index in [-0.39, 0.29) is 5.41 Å². The Labute approximate surface area is 164 Å². The number of ether oxygens (including phenoxy) is 1. The second-order valence-electron chi connectivity index (χ2n) is 9.00. The van der Waals surface area contributed by atoms with Crippen molar-refractivity contribution in [1.29, 1.82) is 0 Å². The van der Waals surface area contributed by atoms with Crippen LogP contribution in [0.25, 0.3) is 0 Å². The van der Waals surface area contributed by atoms with Gasteiger partial charge in [0.25, 0.3) is 0 Å². The van der Waals surface area contributed by atoms with Gasteiger partial charge in [-0.15, -0.1) is 10.3 Å². The van der Waals surface area contributed by atoms with Crippen molar-refractivity contribution in [3.8, 4) is 0 Å². The molecule has 1 aromatic rings. The van der Waals surface area contributed by atoms with Gasteiger partial charge in [0, 0.05) is 12.0 Å². The number of hydrogen-bond donors (Lipinski definition) is 0. The summed E-state index contributed by atoms with van der Waals surface area (Å²) in [6.07, 6.45) is 1.94. The lowest BCUT2D eigenvalue weighted by Crippen LogP contribution is -2.50. The van der Waals surface area contributed by atoms with Crippen molar-refractivity contribution in [2.45, 2.75) is 65.0 Å². The van der Waals surface area contributed by atoms with Crippen LogP contribution in [0.4, 0.5) is 0 Å². The molecule has 1 aromatic carbocycles. The molecule has 0 amide bonds. The fourth-order valence-corrected chi connectivity index (χ4v) is 4.79. The smallest absolute Gasteiger partial charge is 0.343 e. The van der Waals surface area contributed by atoms with E-state index >= 15 is 0 Å². The first-order valence-electron chi connectivity index (χ1n) is 8.73. The van der Waals surface area contributed by atoms with Gasteiger partial charge in [-0.25, -0.2) is 4.79 Å². The molecule has 141 valence electrons. The number of rotatable bonds is 2. The number of carbonyl (C=O) groups is 1. The Balaban J connectivity index is 1.99. The maximum atomic E-state index is 13.0. The highest BCUT2D eigenvalue weighted by atomic mass is 35.5. The second-order valence-corrected chi connectivity index (χ2v) is 9.81. The molecule has 26 heavy (non-hydrogen) atoms. The monoisotopic (exact) mass is 396 g/mol. The summed E-state index contributed by atoms with van der Waals surface area (Å²) in [6.45, 7) is 10.0. The quantitative estimate of drug-likeness (QED) is 0.592. The molecule has 1 aliphatic carbocycles. The topological polar surface area (TPSA) is 49.4 Å². The number of halogens is 2. The highest BCUT2D eigenvalue weighted by Crippen LogP contribution is 2.55. The summed E-state index contributed by atoms with van der Waals surface area (Å²) in [6, 6.07) is 4.67. The lowest BCUT2D eigenvalue weighted by molar-refractivity contribution is -0.251. The zero-order valence-corrected chi connectivity index (χ0v) is 17.3. The van der Waals surface area contributed by atoms with Gasteiger partial charge in [-0.05, 0) is 62.8 Å². The number of nitrogens with zero attached hydrogens (tertiary/aromatic N) is 1. The van der Waals surface area contributed by atoms with Crippen molar-refractivity contribution >= 4 is 29.2 Å². The Morgan fingerprint density at radius 2 is 1.73 bits per heavy atom. The van der Waals surface area contributed by atoms with E-state index in [2.05, 4.69) is 13.8 Å². The van der Waals surface area contributed by atoms with Gasteiger partial charge >= 0.3 is 5.97 Å². The molecule has 2 aliphatic rings. The number of benzene rings is 1. The predicted molar refractivity (Wildman–Crippen MR) is 102 cm³/mol. The molecule has 1 heterocycles. The zero-order valence-electron chi connectivity index (χ0n) is 15.8. The second kappa shape index (κ2) is 6.23. The van der Waals surface area contributed by atoms with Gasteiger partial charge in [0.15, 0.2) is 0 Å². The van der Waals surface area contributed by atoms with E-state index in [1.165, 1.54) is 11.1 Å². The van der Waals surface area contributed by atoms with Crippen LogP contribution in [-0.2, 0) is 9.94 Å². The van der Waals surface area contributed by atoms with Gasteiger partial charge in [-0.1, -0.05) is 37.0 Å². The van der Waals surface area contributed by atoms with Crippen molar-refractivity contribution in [1.82, 2.24) is 5.06 Å². The molecule has 0 saturated carbocycles. The minimum Gasteiger partial charge on any atom is -0.427 e. The molecule has 1 atom stereocenters. The van der Waals surface area contributed by atoms with Crippen LogP contribution in [0.15, 0.2) is 29.5 Å². The Hall–Kier alpha value is -1.07. The summed E-state index contributed by atoms with van der Waals surface area (Å²) >= 11 is 11.9. The van der Waals surface area contributed by atoms with Gasteiger partial charge in [-0.3, -0.25) is 0 Å². The SMILES string of the molecule is CC1(C)CC(OC(=O)c2ccc(Cl)c(Cl)c2)=C2CC(C)(C)N([O])[C@@]2(C)C1. The van der Waals surface area contributed by atoms with Gasteiger partial charge in [0.2, 0.25) is 0 Å². The van der Waals surface area contributed by atoms with Crippen LogP contribution in [0, 0.1) is 5.41 Å². The highest BCUT2D eigenvalue weighted by Gasteiger charge is 2.57. The molecule has 1 radical (unpaired) electrons. The lowest BCUT2D eigenvalue weighted by atomic mass is 9.68. The summed E-state index contributed by atoms with van der Waals surface area (Å²) in [4.78, 5) is 12.7. The van der Waals surface area contributed by atoms with Crippen LogP contribution < -0.4 is 0 Å². The molecule has 3 rings (SSSR count). The molecular weight excluding hydrogens is 373 g/mol. The highest BCUT2D eigenvalue weighted by molar-refractivity contribution is 6.42. The lowest BCUT2D eigenvalue weighted by Gasteiger charge is -2.44. The molecule has 4 nitrogen and oxygen atoms in total. The zero-order chi connectivity index (χ0) is 19.5. The molecule has 6 heteroatoms.